The molecule has 1 aliphatic carbocycles. The van der Waals surface area contributed by atoms with Gasteiger partial charge in [0, 0.05) is 17.2 Å². The molecule has 0 bridgehead atoms. The number of fused-ring (bicyclic) bond motifs is 1. The first kappa shape index (κ1) is 11.4. The zero-order valence-electron chi connectivity index (χ0n) is 9.87. The van der Waals surface area contributed by atoms with Crippen LogP contribution in [-0.4, -0.2) is 25.8 Å². The second-order valence-electron chi connectivity index (χ2n) is 3.77. The van der Waals surface area contributed by atoms with E-state index in [0.29, 0.717) is 28.2 Å². The third-order valence-corrected chi connectivity index (χ3v) is 2.73. The van der Waals surface area contributed by atoms with Gasteiger partial charge in [-0.25, -0.2) is 0 Å². The summed E-state index contributed by atoms with van der Waals surface area (Å²) in [6.45, 7) is 1.62. The van der Waals surface area contributed by atoms with Gasteiger partial charge in [-0.3, -0.25) is 9.59 Å². The first-order valence-corrected chi connectivity index (χ1v) is 5.12. The summed E-state index contributed by atoms with van der Waals surface area (Å²) in [5.74, 6) is 0.478. The molecule has 0 amide bonds. The Labute approximate surface area is 98.8 Å². The Morgan fingerprint density at radius 2 is 1.76 bits per heavy atom. The van der Waals surface area contributed by atoms with Gasteiger partial charge in [0.15, 0.2) is 11.6 Å². The average molecular weight is 232 g/mol. The smallest absolute Gasteiger partial charge is 0.190 e. The Morgan fingerprint density at radius 3 is 2.35 bits per heavy atom. The number of ether oxygens (including phenoxy) is 2. The van der Waals surface area contributed by atoms with Crippen molar-refractivity contribution in [1.29, 1.82) is 0 Å². The van der Waals surface area contributed by atoms with Crippen LogP contribution in [0.5, 0.6) is 11.5 Å². The van der Waals surface area contributed by atoms with E-state index in [0.717, 1.165) is 0 Å². The third-order valence-electron chi connectivity index (χ3n) is 2.73. The number of hydrogen-bond donors (Lipinski definition) is 0. The number of hydrogen-bond acceptors (Lipinski definition) is 4. The van der Waals surface area contributed by atoms with Crippen LogP contribution in [0.25, 0.3) is 0 Å². The lowest BCUT2D eigenvalue weighted by Crippen LogP contribution is -2.16. The Bertz CT molecular complexity index is 541. The third kappa shape index (κ3) is 1.71. The summed E-state index contributed by atoms with van der Waals surface area (Å²) in [5, 5.41) is 0. The van der Waals surface area contributed by atoms with E-state index in [9.17, 15) is 9.59 Å². The summed E-state index contributed by atoms with van der Waals surface area (Å²) in [5.41, 5.74) is 1.08. The van der Waals surface area contributed by atoms with Gasteiger partial charge in [-0.1, -0.05) is 0 Å². The summed E-state index contributed by atoms with van der Waals surface area (Å²) < 4.78 is 10.2. The Balaban J connectivity index is 2.73. The Kier molecular flexibility index (Phi) is 2.71. The fraction of sp³-hybridized carbons (Fsp3) is 0.231. The maximum atomic E-state index is 12.0. The van der Waals surface area contributed by atoms with Gasteiger partial charge in [0.05, 0.1) is 19.8 Å². The molecule has 1 aromatic carbocycles. The quantitative estimate of drug-likeness (QED) is 0.782. The van der Waals surface area contributed by atoms with Crippen LogP contribution in [0, 0.1) is 0 Å². The molecule has 4 nitrogen and oxygen atoms in total. The molecule has 1 aliphatic rings. The number of carbonyl (C=O) groups excluding carboxylic acids is 2. The minimum absolute atomic E-state index is 0.170. The standard InChI is InChI=1S/C13H12O4/c1-7-4-10(14)12-9(13(7)15)5-8(16-2)6-11(12)17-3/h4-6H,1-3H3. The molecule has 0 fully saturated rings. The predicted octanol–water partition coefficient (Wildman–Crippen LogP) is 2.03. The second kappa shape index (κ2) is 4.05. The van der Waals surface area contributed by atoms with Gasteiger partial charge < -0.3 is 9.47 Å². The molecular formula is C13H12O4. The van der Waals surface area contributed by atoms with Crippen molar-refractivity contribution >= 4 is 11.6 Å². The number of allylic oxidation sites excluding steroid dienone is 2. The molecule has 0 unspecified atom stereocenters. The summed E-state index contributed by atoms with van der Waals surface area (Å²) in [6, 6.07) is 3.16. The maximum absolute atomic E-state index is 12.0. The van der Waals surface area contributed by atoms with Gasteiger partial charge in [-0.2, -0.15) is 0 Å². The van der Waals surface area contributed by atoms with Crippen LogP contribution in [0.4, 0.5) is 0 Å². The van der Waals surface area contributed by atoms with E-state index in [1.54, 1.807) is 19.1 Å². The Hall–Kier alpha value is -2.10. The van der Waals surface area contributed by atoms with Gasteiger partial charge in [0.1, 0.15) is 11.5 Å². The predicted molar refractivity (Wildman–Crippen MR) is 62.0 cm³/mol. The second-order valence-corrected chi connectivity index (χ2v) is 3.77. The van der Waals surface area contributed by atoms with Crippen molar-refractivity contribution in [2.75, 3.05) is 14.2 Å². The minimum atomic E-state index is -0.211. The van der Waals surface area contributed by atoms with Crippen LogP contribution in [0.1, 0.15) is 27.6 Å². The van der Waals surface area contributed by atoms with Gasteiger partial charge >= 0.3 is 0 Å². The topological polar surface area (TPSA) is 52.6 Å². The van der Waals surface area contributed by atoms with Crippen molar-refractivity contribution in [3.63, 3.8) is 0 Å². The summed E-state index contributed by atoms with van der Waals surface area (Å²) in [7, 11) is 2.96. The SMILES string of the molecule is COc1cc(OC)c2c(c1)C(=O)C(C)=CC2=O. The van der Waals surface area contributed by atoms with Crippen molar-refractivity contribution in [3.05, 3.63) is 34.9 Å². The number of ketones is 2. The van der Waals surface area contributed by atoms with Crippen molar-refractivity contribution in [2.45, 2.75) is 6.92 Å². The highest BCUT2D eigenvalue weighted by Crippen LogP contribution is 2.33. The molecule has 0 aliphatic heterocycles. The zero-order valence-corrected chi connectivity index (χ0v) is 9.87. The number of methoxy groups -OCH3 is 2. The molecule has 2 rings (SSSR count). The number of benzene rings is 1. The molecule has 0 spiro atoms. The molecule has 0 saturated heterocycles. The summed E-state index contributed by atoms with van der Waals surface area (Å²) >= 11 is 0. The highest BCUT2D eigenvalue weighted by atomic mass is 16.5. The molecule has 0 N–H and O–H groups in total. The van der Waals surface area contributed by atoms with Crippen LogP contribution < -0.4 is 9.47 Å². The van der Waals surface area contributed by atoms with E-state index < -0.39 is 0 Å². The lowest BCUT2D eigenvalue weighted by atomic mass is 9.89. The molecular weight excluding hydrogens is 220 g/mol. The maximum Gasteiger partial charge on any atom is 0.190 e. The highest BCUT2D eigenvalue weighted by Gasteiger charge is 2.27. The Morgan fingerprint density at radius 1 is 1.06 bits per heavy atom. The van der Waals surface area contributed by atoms with E-state index in [-0.39, 0.29) is 11.6 Å². The fourth-order valence-corrected chi connectivity index (χ4v) is 1.85. The van der Waals surface area contributed by atoms with Gasteiger partial charge in [-0.05, 0) is 19.1 Å². The lowest BCUT2D eigenvalue weighted by Gasteiger charge is -2.16. The normalized spacial score (nSPS) is 14.2. The lowest BCUT2D eigenvalue weighted by molar-refractivity contribution is 0.0981. The molecule has 4 heteroatoms. The number of Topliss-reactive ketones (excluding diaryl/α,β-unsaturated/α-hetero) is 1. The van der Waals surface area contributed by atoms with Gasteiger partial charge in [-0.15, -0.1) is 0 Å². The molecule has 0 atom stereocenters. The first-order valence-electron chi connectivity index (χ1n) is 5.12. The van der Waals surface area contributed by atoms with E-state index in [1.165, 1.54) is 20.3 Å². The zero-order chi connectivity index (χ0) is 12.6. The molecule has 0 saturated carbocycles. The summed E-state index contributed by atoms with van der Waals surface area (Å²) in [4.78, 5) is 23.8. The van der Waals surface area contributed by atoms with E-state index >= 15 is 0 Å². The largest absolute Gasteiger partial charge is 0.497 e. The van der Waals surface area contributed by atoms with Crippen molar-refractivity contribution in [3.8, 4) is 11.5 Å². The molecule has 1 aromatic rings. The van der Waals surface area contributed by atoms with Crippen LogP contribution in [-0.2, 0) is 0 Å². The average Bonchev–Trinajstić information content (AvgIpc) is 2.34. The van der Waals surface area contributed by atoms with Crippen LogP contribution in [0.15, 0.2) is 23.8 Å². The fourth-order valence-electron chi connectivity index (χ4n) is 1.85. The van der Waals surface area contributed by atoms with E-state index in [4.69, 9.17) is 9.47 Å². The molecule has 17 heavy (non-hydrogen) atoms. The van der Waals surface area contributed by atoms with Crippen LogP contribution in [0.2, 0.25) is 0 Å². The van der Waals surface area contributed by atoms with Gasteiger partial charge in [0.2, 0.25) is 0 Å². The molecule has 0 aromatic heterocycles. The first-order chi connectivity index (χ1) is 8.08. The van der Waals surface area contributed by atoms with E-state index in [2.05, 4.69) is 0 Å². The summed E-state index contributed by atoms with van der Waals surface area (Å²) in [6.07, 6.45) is 1.33. The number of rotatable bonds is 2. The molecule has 0 radical (unpaired) electrons. The van der Waals surface area contributed by atoms with Crippen LogP contribution in [0.3, 0.4) is 0 Å². The van der Waals surface area contributed by atoms with E-state index in [1.807, 2.05) is 0 Å². The number of carbonyl (C=O) groups is 2. The minimum Gasteiger partial charge on any atom is -0.497 e. The van der Waals surface area contributed by atoms with Crippen LogP contribution >= 0.6 is 0 Å². The van der Waals surface area contributed by atoms with Crippen molar-refractivity contribution in [1.82, 2.24) is 0 Å². The highest BCUT2D eigenvalue weighted by molar-refractivity contribution is 6.25. The molecule has 0 heterocycles. The van der Waals surface area contributed by atoms with Gasteiger partial charge in [0.25, 0.3) is 0 Å². The molecule has 88 valence electrons. The van der Waals surface area contributed by atoms with Crippen molar-refractivity contribution < 1.29 is 19.1 Å². The monoisotopic (exact) mass is 232 g/mol. The van der Waals surface area contributed by atoms with Crippen molar-refractivity contribution in [2.24, 2.45) is 0 Å².